The Balaban J connectivity index is 1.52. The third-order valence-corrected chi connectivity index (χ3v) is 7.80. The lowest BCUT2D eigenvalue weighted by atomic mass is 9.93. The monoisotopic (exact) mass is 476 g/mol. The number of fused-ring (bicyclic) bond motifs is 1. The number of rotatable bonds is 8. The van der Waals surface area contributed by atoms with E-state index in [1.54, 1.807) is 11.3 Å². The predicted molar refractivity (Wildman–Crippen MR) is 137 cm³/mol. The Kier molecular flexibility index (Phi) is 7.05. The van der Waals surface area contributed by atoms with Gasteiger partial charge in [0.05, 0.1) is 0 Å². The molecule has 1 aromatic heterocycles. The van der Waals surface area contributed by atoms with Gasteiger partial charge in [0, 0.05) is 29.2 Å². The van der Waals surface area contributed by atoms with Gasteiger partial charge in [0.15, 0.2) is 11.5 Å². The zero-order chi connectivity index (χ0) is 23.3. The quantitative estimate of drug-likeness (QED) is 0.432. The van der Waals surface area contributed by atoms with Crippen molar-refractivity contribution in [2.75, 3.05) is 18.2 Å². The average Bonchev–Trinajstić information content (AvgIpc) is 3.55. The van der Waals surface area contributed by atoms with Gasteiger partial charge < -0.3 is 19.7 Å². The van der Waals surface area contributed by atoms with Crippen molar-refractivity contribution in [3.63, 3.8) is 0 Å². The number of nitrogens with zero attached hydrogens (tertiary/aromatic N) is 1. The molecule has 0 bridgehead atoms. The minimum absolute atomic E-state index is 0.0741. The summed E-state index contributed by atoms with van der Waals surface area (Å²) in [5.74, 6) is 1.56. The molecule has 2 aromatic carbocycles. The number of benzene rings is 2. The molecule has 0 radical (unpaired) electrons. The molecule has 34 heavy (non-hydrogen) atoms. The van der Waals surface area contributed by atoms with E-state index in [0.29, 0.717) is 0 Å². The average molecular weight is 477 g/mol. The summed E-state index contributed by atoms with van der Waals surface area (Å²) < 4.78 is 11.2. The Labute approximate surface area is 205 Å². The molecule has 0 spiro atoms. The summed E-state index contributed by atoms with van der Waals surface area (Å²) in [4.78, 5) is 17.5. The Bertz CT molecular complexity index is 1110. The van der Waals surface area contributed by atoms with Crippen molar-refractivity contribution >= 4 is 22.9 Å². The highest BCUT2D eigenvalue weighted by Crippen LogP contribution is 2.38. The fraction of sp³-hybridized carbons (Fsp3) is 0.393. The lowest BCUT2D eigenvalue weighted by molar-refractivity contribution is -0.123. The molecule has 1 atom stereocenters. The van der Waals surface area contributed by atoms with Crippen molar-refractivity contribution in [3.05, 3.63) is 76.0 Å². The van der Waals surface area contributed by atoms with Gasteiger partial charge in [-0.3, -0.25) is 4.79 Å². The summed E-state index contributed by atoms with van der Waals surface area (Å²) >= 11 is 1.76. The third kappa shape index (κ3) is 5.07. The number of thiophene rings is 1. The van der Waals surface area contributed by atoms with Gasteiger partial charge in [-0.25, -0.2) is 0 Å². The highest BCUT2D eigenvalue weighted by Gasteiger charge is 2.32. The second-order valence-electron chi connectivity index (χ2n) is 9.16. The van der Waals surface area contributed by atoms with E-state index >= 15 is 0 Å². The van der Waals surface area contributed by atoms with Crippen LogP contribution in [0.4, 0.5) is 5.69 Å². The van der Waals surface area contributed by atoms with E-state index in [9.17, 15) is 4.79 Å². The number of ether oxygens (including phenoxy) is 2. The van der Waals surface area contributed by atoms with Crippen LogP contribution in [0.1, 0.15) is 54.1 Å². The van der Waals surface area contributed by atoms with E-state index in [4.69, 9.17) is 9.47 Å². The fourth-order valence-corrected chi connectivity index (χ4v) is 5.73. The second kappa shape index (κ2) is 10.5. The molecule has 6 heteroatoms. The number of aryl methyl sites for hydroxylation is 1. The van der Waals surface area contributed by atoms with E-state index in [-0.39, 0.29) is 18.7 Å². The first-order chi connectivity index (χ1) is 16.7. The van der Waals surface area contributed by atoms with Crippen LogP contribution in [0.3, 0.4) is 0 Å². The van der Waals surface area contributed by atoms with Gasteiger partial charge in [0.2, 0.25) is 12.7 Å². The van der Waals surface area contributed by atoms with Crippen molar-refractivity contribution in [2.24, 2.45) is 0 Å². The van der Waals surface area contributed by atoms with Crippen LogP contribution in [0.2, 0.25) is 0 Å². The number of amides is 1. The maximum Gasteiger partial charge on any atom is 0.247 e. The van der Waals surface area contributed by atoms with Gasteiger partial charge in [-0.2, -0.15) is 0 Å². The Morgan fingerprint density at radius 1 is 1.06 bits per heavy atom. The van der Waals surface area contributed by atoms with Crippen molar-refractivity contribution in [2.45, 2.75) is 57.5 Å². The molecule has 5 nitrogen and oxygen atoms in total. The molecular weight excluding hydrogens is 444 g/mol. The van der Waals surface area contributed by atoms with Crippen LogP contribution < -0.4 is 19.7 Å². The molecule has 5 rings (SSSR count). The molecule has 2 aliphatic rings. The Hall–Kier alpha value is -2.99. The molecule has 2 heterocycles. The van der Waals surface area contributed by atoms with Crippen LogP contribution in [0.15, 0.2) is 60.0 Å². The third-order valence-electron chi connectivity index (χ3n) is 6.86. The standard InChI is InChI=1S/C28H32N2O3S/c1-20-8-5-6-12-24(20)27(28(31)29-21-9-3-2-4-10-21)30(16-15-23-11-7-17-34-23)22-13-14-25-26(18-22)33-19-32-25/h5-8,11-14,17-18,21,27H,2-4,9-10,15-16,19H2,1H3,(H,29,31). The van der Waals surface area contributed by atoms with Gasteiger partial charge in [-0.05, 0) is 60.9 Å². The number of carbonyl (C=O) groups excluding carboxylic acids is 1. The highest BCUT2D eigenvalue weighted by molar-refractivity contribution is 7.09. The summed E-state index contributed by atoms with van der Waals surface area (Å²) in [5, 5.41) is 5.51. The smallest absolute Gasteiger partial charge is 0.247 e. The van der Waals surface area contributed by atoms with Crippen LogP contribution in [-0.2, 0) is 11.2 Å². The maximum absolute atomic E-state index is 14.0. The van der Waals surface area contributed by atoms with Gasteiger partial charge in [-0.15, -0.1) is 11.3 Å². The van der Waals surface area contributed by atoms with Crippen molar-refractivity contribution < 1.29 is 14.3 Å². The maximum atomic E-state index is 14.0. The van der Waals surface area contributed by atoms with Crippen molar-refractivity contribution in [1.82, 2.24) is 5.32 Å². The summed E-state index contributed by atoms with van der Waals surface area (Å²) in [6.45, 7) is 3.04. The molecule has 1 saturated carbocycles. The number of carbonyl (C=O) groups is 1. The lowest BCUT2D eigenvalue weighted by Crippen LogP contribution is -2.46. The zero-order valence-electron chi connectivity index (χ0n) is 19.7. The van der Waals surface area contributed by atoms with E-state index in [1.165, 1.54) is 24.1 Å². The van der Waals surface area contributed by atoms with E-state index in [1.807, 2.05) is 30.3 Å². The van der Waals surface area contributed by atoms with E-state index < -0.39 is 6.04 Å². The van der Waals surface area contributed by atoms with Crippen LogP contribution in [0.5, 0.6) is 11.5 Å². The first kappa shape index (κ1) is 22.8. The van der Waals surface area contributed by atoms with E-state index in [2.05, 4.69) is 46.8 Å². The summed E-state index contributed by atoms with van der Waals surface area (Å²) in [7, 11) is 0. The Morgan fingerprint density at radius 2 is 1.88 bits per heavy atom. The minimum Gasteiger partial charge on any atom is -0.454 e. The van der Waals surface area contributed by atoms with Gasteiger partial charge in [0.25, 0.3) is 0 Å². The molecule has 1 aliphatic heterocycles. The predicted octanol–water partition coefficient (Wildman–Crippen LogP) is 6.02. The molecule has 1 N–H and O–H groups in total. The lowest BCUT2D eigenvalue weighted by Gasteiger charge is -2.35. The molecule has 178 valence electrons. The normalized spacial score (nSPS) is 16.3. The summed E-state index contributed by atoms with van der Waals surface area (Å²) in [6, 6.07) is 18.3. The number of hydrogen-bond donors (Lipinski definition) is 1. The van der Waals surface area contributed by atoms with Crippen LogP contribution in [0, 0.1) is 6.92 Å². The fourth-order valence-electron chi connectivity index (χ4n) is 5.03. The minimum atomic E-state index is -0.427. The summed E-state index contributed by atoms with van der Waals surface area (Å²) in [6.07, 6.45) is 6.62. The van der Waals surface area contributed by atoms with Crippen LogP contribution >= 0.6 is 11.3 Å². The van der Waals surface area contributed by atoms with Crippen molar-refractivity contribution in [3.8, 4) is 11.5 Å². The Morgan fingerprint density at radius 3 is 2.68 bits per heavy atom. The largest absolute Gasteiger partial charge is 0.454 e. The second-order valence-corrected chi connectivity index (χ2v) is 10.2. The van der Waals surface area contributed by atoms with Gasteiger partial charge in [-0.1, -0.05) is 49.6 Å². The van der Waals surface area contributed by atoms with Crippen LogP contribution in [0.25, 0.3) is 0 Å². The molecule has 0 saturated heterocycles. The van der Waals surface area contributed by atoms with E-state index in [0.717, 1.165) is 54.1 Å². The molecule has 3 aromatic rings. The molecular formula is C28H32N2O3S. The first-order valence-corrected chi connectivity index (χ1v) is 13.1. The number of nitrogens with one attached hydrogen (secondary N) is 1. The molecule has 1 amide bonds. The number of anilines is 1. The zero-order valence-corrected chi connectivity index (χ0v) is 20.5. The first-order valence-electron chi connectivity index (χ1n) is 12.2. The van der Waals surface area contributed by atoms with Gasteiger partial charge >= 0.3 is 0 Å². The SMILES string of the molecule is Cc1ccccc1C(C(=O)NC1CCCCC1)N(CCc1cccs1)c1ccc2c(c1)OCO2. The molecule has 1 fully saturated rings. The molecule has 1 unspecified atom stereocenters. The van der Waals surface area contributed by atoms with Gasteiger partial charge in [0.1, 0.15) is 6.04 Å². The topological polar surface area (TPSA) is 50.8 Å². The number of hydrogen-bond acceptors (Lipinski definition) is 5. The summed E-state index contributed by atoms with van der Waals surface area (Å²) in [5.41, 5.74) is 3.13. The molecule has 1 aliphatic carbocycles. The van der Waals surface area contributed by atoms with Crippen molar-refractivity contribution in [1.29, 1.82) is 0 Å². The highest BCUT2D eigenvalue weighted by atomic mass is 32.1. The van der Waals surface area contributed by atoms with Crippen LogP contribution in [-0.4, -0.2) is 25.3 Å².